The van der Waals surface area contributed by atoms with Crippen molar-refractivity contribution >= 4 is 5.78 Å². The van der Waals surface area contributed by atoms with Crippen LogP contribution in [0.4, 0.5) is 0 Å². The van der Waals surface area contributed by atoms with Gasteiger partial charge in [0.25, 0.3) is 0 Å². The second kappa shape index (κ2) is 6.04. The van der Waals surface area contributed by atoms with Gasteiger partial charge in [0, 0.05) is 17.8 Å². The summed E-state index contributed by atoms with van der Waals surface area (Å²) in [6, 6.07) is 3.74. The summed E-state index contributed by atoms with van der Waals surface area (Å²) in [5, 5.41) is 10.2. The van der Waals surface area contributed by atoms with E-state index in [1.165, 1.54) is 18.4 Å². The fourth-order valence-corrected chi connectivity index (χ4v) is 8.92. The van der Waals surface area contributed by atoms with E-state index in [0.717, 1.165) is 43.4 Å². The number of hydrogen-bond donors (Lipinski definition) is 1. The van der Waals surface area contributed by atoms with Crippen molar-refractivity contribution < 1.29 is 14.6 Å². The van der Waals surface area contributed by atoms with Crippen LogP contribution < -0.4 is 4.74 Å². The Morgan fingerprint density at radius 1 is 0.933 bits per heavy atom. The number of phenolic OH excluding ortho intramolecular Hbond substituents is 1. The fraction of sp³-hybridized carbons (Fsp3) is 0.741. The molecule has 0 amide bonds. The Morgan fingerprint density at radius 3 is 2.33 bits per heavy atom. The number of aryl methyl sites for hydroxylation is 1. The number of ether oxygens (including phenoxy) is 1. The molecule has 0 aromatic heterocycles. The molecule has 0 saturated heterocycles. The molecular weight excluding hydrogens is 372 g/mol. The minimum Gasteiger partial charge on any atom is -0.508 e. The van der Waals surface area contributed by atoms with Gasteiger partial charge in [-0.05, 0) is 98.3 Å². The van der Waals surface area contributed by atoms with Crippen molar-refractivity contribution in [3.05, 3.63) is 23.3 Å². The van der Waals surface area contributed by atoms with E-state index in [1.54, 1.807) is 0 Å². The summed E-state index contributed by atoms with van der Waals surface area (Å²) in [6.45, 7) is 13.8. The van der Waals surface area contributed by atoms with Gasteiger partial charge in [0.2, 0.25) is 0 Å². The average Bonchev–Trinajstić information content (AvgIpc) is 2.64. The van der Waals surface area contributed by atoms with Crippen LogP contribution in [0.15, 0.2) is 12.1 Å². The highest BCUT2D eigenvalue weighted by molar-refractivity contribution is 5.85. The van der Waals surface area contributed by atoms with Gasteiger partial charge in [0.05, 0.1) is 0 Å². The molecular formula is C27H38O3. The van der Waals surface area contributed by atoms with Gasteiger partial charge >= 0.3 is 0 Å². The van der Waals surface area contributed by atoms with Gasteiger partial charge in [0.15, 0.2) is 0 Å². The Labute approximate surface area is 181 Å². The van der Waals surface area contributed by atoms with Crippen LogP contribution in [0, 0.1) is 40.9 Å². The average molecular weight is 411 g/mol. The van der Waals surface area contributed by atoms with E-state index in [2.05, 4.69) is 34.6 Å². The Balaban J connectivity index is 1.57. The minimum atomic E-state index is -0.201. The molecule has 3 saturated carbocycles. The lowest BCUT2D eigenvalue weighted by atomic mass is 9.37. The van der Waals surface area contributed by atoms with Crippen molar-refractivity contribution in [2.75, 3.05) is 0 Å². The van der Waals surface area contributed by atoms with Crippen LogP contribution in [0.2, 0.25) is 0 Å². The molecule has 3 heteroatoms. The van der Waals surface area contributed by atoms with Crippen molar-refractivity contribution in [3.8, 4) is 11.5 Å². The zero-order valence-electron chi connectivity index (χ0n) is 19.6. The Kier molecular flexibility index (Phi) is 4.11. The molecule has 6 atom stereocenters. The quantitative estimate of drug-likeness (QED) is 0.551. The van der Waals surface area contributed by atoms with Crippen LogP contribution in [-0.4, -0.2) is 16.5 Å². The zero-order valence-corrected chi connectivity index (χ0v) is 19.6. The van der Waals surface area contributed by atoms with E-state index in [0.29, 0.717) is 29.3 Å². The molecule has 3 fully saturated rings. The second-order valence-electron chi connectivity index (χ2n) is 12.3. The lowest BCUT2D eigenvalue weighted by Gasteiger charge is -2.68. The molecule has 1 heterocycles. The molecule has 0 radical (unpaired) electrons. The predicted molar refractivity (Wildman–Crippen MR) is 119 cm³/mol. The second-order valence-corrected chi connectivity index (χ2v) is 12.3. The molecule has 5 rings (SSSR count). The molecule has 1 aromatic carbocycles. The van der Waals surface area contributed by atoms with Crippen LogP contribution in [0.5, 0.6) is 11.5 Å². The zero-order chi connectivity index (χ0) is 21.7. The van der Waals surface area contributed by atoms with Crippen LogP contribution >= 0.6 is 0 Å². The van der Waals surface area contributed by atoms with Crippen LogP contribution in [0.25, 0.3) is 0 Å². The van der Waals surface area contributed by atoms with E-state index in [9.17, 15) is 9.90 Å². The van der Waals surface area contributed by atoms with Crippen LogP contribution in [0.3, 0.4) is 0 Å². The van der Waals surface area contributed by atoms with E-state index >= 15 is 0 Å². The molecule has 6 unspecified atom stereocenters. The standard InChI is InChI=1S/C27H38O3/c1-16-13-18(28)14-17-15-21-26(5)10-7-19-24(2,3)22(29)9-11-25(19,4)20(26)8-12-27(21,6)30-23(16)17/h13-14,19-21,28H,7-12,15H2,1-6H3. The molecule has 1 aromatic rings. The summed E-state index contributed by atoms with van der Waals surface area (Å²) >= 11 is 0. The van der Waals surface area contributed by atoms with Crippen molar-refractivity contribution in [1.29, 1.82) is 0 Å². The number of ketones is 1. The summed E-state index contributed by atoms with van der Waals surface area (Å²) in [6.07, 6.45) is 7.34. The number of benzene rings is 1. The highest BCUT2D eigenvalue weighted by atomic mass is 16.5. The van der Waals surface area contributed by atoms with Crippen molar-refractivity contribution in [3.63, 3.8) is 0 Å². The Bertz CT molecular complexity index is 917. The van der Waals surface area contributed by atoms with Gasteiger partial charge in [-0.3, -0.25) is 4.79 Å². The topological polar surface area (TPSA) is 46.5 Å². The summed E-state index contributed by atoms with van der Waals surface area (Å²) in [7, 11) is 0. The van der Waals surface area contributed by atoms with Gasteiger partial charge in [-0.1, -0.05) is 27.7 Å². The highest BCUT2D eigenvalue weighted by Gasteiger charge is 2.66. The van der Waals surface area contributed by atoms with Crippen LogP contribution in [0.1, 0.15) is 84.3 Å². The molecule has 3 nitrogen and oxygen atoms in total. The van der Waals surface area contributed by atoms with E-state index in [-0.39, 0.29) is 21.8 Å². The lowest BCUT2D eigenvalue weighted by molar-refractivity contribution is -0.206. The molecule has 1 N–H and O–H groups in total. The van der Waals surface area contributed by atoms with Crippen molar-refractivity contribution in [2.24, 2.45) is 34.0 Å². The summed E-state index contributed by atoms with van der Waals surface area (Å²) in [5.74, 6) is 3.36. The Hall–Kier alpha value is -1.51. The van der Waals surface area contributed by atoms with Gasteiger partial charge < -0.3 is 9.84 Å². The smallest absolute Gasteiger partial charge is 0.138 e. The monoisotopic (exact) mass is 410 g/mol. The first-order valence-corrected chi connectivity index (χ1v) is 12.0. The summed E-state index contributed by atoms with van der Waals surface area (Å²) in [5.41, 5.74) is 2.28. The van der Waals surface area contributed by atoms with E-state index < -0.39 is 0 Å². The maximum atomic E-state index is 12.8. The molecule has 0 spiro atoms. The van der Waals surface area contributed by atoms with Crippen molar-refractivity contribution in [2.45, 2.75) is 92.1 Å². The first-order chi connectivity index (χ1) is 13.9. The maximum Gasteiger partial charge on any atom is 0.138 e. The summed E-state index contributed by atoms with van der Waals surface area (Å²) in [4.78, 5) is 12.8. The van der Waals surface area contributed by atoms with Gasteiger partial charge in [0.1, 0.15) is 22.9 Å². The third-order valence-corrected chi connectivity index (χ3v) is 10.4. The fourth-order valence-electron chi connectivity index (χ4n) is 8.92. The van der Waals surface area contributed by atoms with E-state index in [1.807, 2.05) is 19.1 Å². The maximum absolute atomic E-state index is 12.8. The molecule has 1 aliphatic heterocycles. The number of rotatable bonds is 0. The largest absolute Gasteiger partial charge is 0.508 e. The number of carbonyl (C=O) groups is 1. The first kappa shape index (κ1) is 20.4. The molecule has 30 heavy (non-hydrogen) atoms. The normalized spacial score (nSPS) is 44.2. The van der Waals surface area contributed by atoms with Crippen molar-refractivity contribution in [1.82, 2.24) is 0 Å². The van der Waals surface area contributed by atoms with Crippen LogP contribution in [-0.2, 0) is 11.2 Å². The lowest BCUT2D eigenvalue weighted by Crippen LogP contribution is -2.65. The number of hydrogen-bond acceptors (Lipinski definition) is 3. The summed E-state index contributed by atoms with van der Waals surface area (Å²) < 4.78 is 6.79. The molecule has 4 aliphatic rings. The third kappa shape index (κ3) is 2.47. The number of carbonyl (C=O) groups excluding carboxylic acids is 1. The van der Waals surface area contributed by atoms with Gasteiger partial charge in [-0.2, -0.15) is 0 Å². The van der Waals surface area contributed by atoms with Gasteiger partial charge in [-0.25, -0.2) is 0 Å². The number of phenols is 1. The molecule has 164 valence electrons. The SMILES string of the molecule is Cc1cc(O)cc2c1OC1(C)CCC3C(C)(CCC4C(C)(C)C(=O)CCC43C)C1C2. The third-order valence-electron chi connectivity index (χ3n) is 10.4. The molecule has 3 aliphatic carbocycles. The predicted octanol–water partition coefficient (Wildman–Crippen LogP) is 6.23. The van der Waals surface area contributed by atoms with Gasteiger partial charge in [-0.15, -0.1) is 0 Å². The minimum absolute atomic E-state index is 0.150. The highest BCUT2D eigenvalue weighted by Crippen LogP contribution is 2.70. The number of fused-ring (bicyclic) bond motifs is 6. The number of aromatic hydroxyl groups is 1. The Morgan fingerprint density at radius 2 is 1.60 bits per heavy atom. The van der Waals surface area contributed by atoms with E-state index in [4.69, 9.17) is 4.74 Å². The number of Topliss-reactive ketones (excluding diaryl/α,β-unsaturated/α-hetero) is 1. The first-order valence-electron chi connectivity index (χ1n) is 12.0. The molecule has 0 bridgehead atoms.